The number of amides is 1. The van der Waals surface area contributed by atoms with Crippen molar-refractivity contribution in [2.75, 3.05) is 6.54 Å². The van der Waals surface area contributed by atoms with Gasteiger partial charge in [0, 0.05) is 13.0 Å². The van der Waals surface area contributed by atoms with E-state index in [0.29, 0.717) is 0 Å². The third-order valence-corrected chi connectivity index (χ3v) is 3.93. The molecule has 2 atom stereocenters. The number of aryl methyl sites for hydroxylation is 2. The van der Waals surface area contributed by atoms with Crippen molar-refractivity contribution in [3.63, 3.8) is 0 Å². The summed E-state index contributed by atoms with van der Waals surface area (Å²) in [5, 5.41) is 10.8. The van der Waals surface area contributed by atoms with E-state index in [1.54, 1.807) is 0 Å². The van der Waals surface area contributed by atoms with Gasteiger partial charge in [0.2, 0.25) is 5.91 Å². The molecule has 1 amide bonds. The molecule has 2 N–H and O–H groups in total. The number of carbonyl (C=O) groups is 1. The fourth-order valence-corrected chi connectivity index (χ4v) is 2.87. The Morgan fingerprint density at radius 3 is 3.11 bits per heavy atom. The molecule has 3 rings (SSSR count). The molecule has 0 spiro atoms. The molecule has 1 aromatic heterocycles. The van der Waals surface area contributed by atoms with Crippen molar-refractivity contribution in [2.45, 2.75) is 57.7 Å². The van der Waals surface area contributed by atoms with Gasteiger partial charge in [-0.25, -0.2) is 9.67 Å². The Morgan fingerprint density at radius 1 is 1.47 bits per heavy atom. The van der Waals surface area contributed by atoms with Gasteiger partial charge in [-0.1, -0.05) is 6.92 Å². The van der Waals surface area contributed by atoms with Crippen LogP contribution >= 0.6 is 0 Å². The van der Waals surface area contributed by atoms with Crippen LogP contribution in [0.2, 0.25) is 0 Å². The maximum atomic E-state index is 12.2. The van der Waals surface area contributed by atoms with Crippen LogP contribution in [0.1, 0.15) is 50.3 Å². The lowest BCUT2D eigenvalue weighted by Gasteiger charge is -2.24. The van der Waals surface area contributed by atoms with Crippen LogP contribution in [-0.2, 0) is 17.8 Å². The molecule has 2 unspecified atom stereocenters. The minimum atomic E-state index is -0.0241. The molecule has 1 saturated heterocycles. The largest absolute Gasteiger partial charge is 0.345 e. The van der Waals surface area contributed by atoms with Gasteiger partial charge in [-0.05, 0) is 32.2 Å². The Morgan fingerprint density at radius 2 is 2.37 bits per heavy atom. The second-order valence-electron chi connectivity index (χ2n) is 5.32. The Labute approximate surface area is 113 Å². The molecule has 2 aliphatic rings. The van der Waals surface area contributed by atoms with Crippen molar-refractivity contribution >= 4 is 5.91 Å². The van der Waals surface area contributed by atoms with E-state index in [-0.39, 0.29) is 18.0 Å². The molecular formula is C13H21N5O. The van der Waals surface area contributed by atoms with Crippen molar-refractivity contribution in [3.8, 4) is 0 Å². The van der Waals surface area contributed by atoms with E-state index >= 15 is 0 Å². The van der Waals surface area contributed by atoms with Crippen LogP contribution in [0.15, 0.2) is 0 Å². The molecule has 1 aromatic rings. The average Bonchev–Trinajstić information content (AvgIpc) is 3.08. The normalized spacial score (nSPS) is 26.2. The fourth-order valence-electron chi connectivity index (χ4n) is 2.87. The van der Waals surface area contributed by atoms with Gasteiger partial charge in [0.15, 0.2) is 5.82 Å². The monoisotopic (exact) mass is 263 g/mol. The number of hydrogen-bond donors (Lipinski definition) is 2. The Kier molecular flexibility index (Phi) is 3.50. The molecule has 2 aliphatic heterocycles. The summed E-state index contributed by atoms with van der Waals surface area (Å²) >= 11 is 0. The number of nitrogens with one attached hydrogen (secondary N) is 2. The molecule has 1 fully saturated rings. The van der Waals surface area contributed by atoms with E-state index in [9.17, 15) is 4.79 Å². The van der Waals surface area contributed by atoms with Crippen LogP contribution in [0, 0.1) is 0 Å². The predicted molar refractivity (Wildman–Crippen MR) is 70.5 cm³/mol. The van der Waals surface area contributed by atoms with Gasteiger partial charge in [0.1, 0.15) is 5.82 Å². The van der Waals surface area contributed by atoms with Crippen molar-refractivity contribution in [3.05, 3.63) is 11.6 Å². The Hall–Kier alpha value is -1.43. The third kappa shape index (κ3) is 2.49. The highest BCUT2D eigenvalue weighted by Crippen LogP contribution is 2.23. The number of rotatable bonds is 3. The first-order valence-electron chi connectivity index (χ1n) is 7.25. The van der Waals surface area contributed by atoms with E-state index in [0.717, 1.165) is 56.8 Å². The quantitative estimate of drug-likeness (QED) is 0.835. The molecular weight excluding hydrogens is 242 g/mol. The zero-order valence-corrected chi connectivity index (χ0v) is 11.4. The van der Waals surface area contributed by atoms with Crippen molar-refractivity contribution in [1.82, 2.24) is 25.4 Å². The van der Waals surface area contributed by atoms with Crippen LogP contribution in [-0.4, -0.2) is 33.3 Å². The van der Waals surface area contributed by atoms with Crippen LogP contribution in [0.3, 0.4) is 0 Å². The first kappa shape index (κ1) is 12.6. The fraction of sp³-hybridized carbons (Fsp3) is 0.769. The van der Waals surface area contributed by atoms with Crippen molar-refractivity contribution < 1.29 is 4.79 Å². The van der Waals surface area contributed by atoms with E-state index in [1.807, 2.05) is 4.68 Å². The Bertz CT molecular complexity index is 464. The van der Waals surface area contributed by atoms with E-state index in [1.165, 1.54) is 0 Å². The van der Waals surface area contributed by atoms with Crippen LogP contribution in [0.4, 0.5) is 0 Å². The Balaban J connectivity index is 1.72. The molecule has 6 nitrogen and oxygen atoms in total. The highest BCUT2D eigenvalue weighted by molar-refractivity contribution is 5.82. The second-order valence-corrected chi connectivity index (χ2v) is 5.32. The topological polar surface area (TPSA) is 71.8 Å². The number of carbonyl (C=O) groups excluding carboxylic acids is 1. The van der Waals surface area contributed by atoms with Crippen LogP contribution in [0.5, 0.6) is 0 Å². The summed E-state index contributed by atoms with van der Waals surface area (Å²) in [5.41, 5.74) is 0. The number of hydrogen-bond acceptors (Lipinski definition) is 4. The first-order valence-corrected chi connectivity index (χ1v) is 7.25. The number of nitrogens with zero attached hydrogens (tertiary/aromatic N) is 3. The average molecular weight is 263 g/mol. The van der Waals surface area contributed by atoms with Gasteiger partial charge in [0.25, 0.3) is 0 Å². The third-order valence-electron chi connectivity index (χ3n) is 3.93. The van der Waals surface area contributed by atoms with Crippen molar-refractivity contribution in [1.29, 1.82) is 0 Å². The zero-order valence-electron chi connectivity index (χ0n) is 11.4. The summed E-state index contributed by atoms with van der Waals surface area (Å²) in [6.45, 7) is 3.91. The highest BCUT2D eigenvalue weighted by atomic mass is 16.2. The summed E-state index contributed by atoms with van der Waals surface area (Å²) in [5.74, 6) is 1.90. The minimum Gasteiger partial charge on any atom is -0.345 e. The predicted octanol–water partition coefficient (Wildman–Crippen LogP) is 0.544. The lowest BCUT2D eigenvalue weighted by atomic mass is 10.1. The maximum Gasteiger partial charge on any atom is 0.237 e. The van der Waals surface area contributed by atoms with Crippen LogP contribution < -0.4 is 10.6 Å². The van der Waals surface area contributed by atoms with Crippen LogP contribution in [0.25, 0.3) is 0 Å². The van der Waals surface area contributed by atoms with E-state index in [4.69, 9.17) is 0 Å². The molecule has 0 radical (unpaired) electrons. The van der Waals surface area contributed by atoms with Gasteiger partial charge < -0.3 is 10.6 Å². The summed E-state index contributed by atoms with van der Waals surface area (Å²) in [7, 11) is 0. The lowest BCUT2D eigenvalue weighted by molar-refractivity contribution is -0.123. The molecule has 0 aliphatic carbocycles. The summed E-state index contributed by atoms with van der Waals surface area (Å²) < 4.78 is 1.95. The molecule has 3 heterocycles. The standard InChI is InChI=1S/C13H21N5O/c1-2-11-16-12-9(6-4-8-18(12)17-11)15-13(19)10-5-3-7-14-10/h9-10,14H,2-8H2,1H3,(H,15,19). The summed E-state index contributed by atoms with van der Waals surface area (Å²) in [6.07, 6.45) is 4.86. The van der Waals surface area contributed by atoms with E-state index in [2.05, 4.69) is 27.6 Å². The van der Waals surface area contributed by atoms with Gasteiger partial charge in [-0.2, -0.15) is 5.10 Å². The number of aromatic nitrogens is 3. The highest BCUT2D eigenvalue weighted by Gasteiger charge is 2.29. The molecule has 0 aromatic carbocycles. The molecule has 0 bridgehead atoms. The van der Waals surface area contributed by atoms with Gasteiger partial charge in [-0.15, -0.1) is 0 Å². The molecule has 0 saturated carbocycles. The molecule has 104 valence electrons. The lowest BCUT2D eigenvalue weighted by Crippen LogP contribution is -2.43. The summed E-state index contributed by atoms with van der Waals surface area (Å²) in [4.78, 5) is 16.7. The second kappa shape index (κ2) is 5.28. The first-order chi connectivity index (χ1) is 9.28. The van der Waals surface area contributed by atoms with E-state index < -0.39 is 0 Å². The molecule has 6 heteroatoms. The van der Waals surface area contributed by atoms with Gasteiger partial charge >= 0.3 is 0 Å². The molecule has 19 heavy (non-hydrogen) atoms. The van der Waals surface area contributed by atoms with Crippen molar-refractivity contribution in [2.24, 2.45) is 0 Å². The zero-order chi connectivity index (χ0) is 13.2. The smallest absolute Gasteiger partial charge is 0.237 e. The minimum absolute atomic E-state index is 0.0241. The SMILES string of the molecule is CCc1nc2n(n1)CCCC2NC(=O)C1CCCN1. The summed E-state index contributed by atoms with van der Waals surface area (Å²) in [6, 6.07) is 0.000364. The maximum absolute atomic E-state index is 12.2. The van der Waals surface area contributed by atoms with Gasteiger partial charge in [-0.3, -0.25) is 4.79 Å². The van der Waals surface area contributed by atoms with Gasteiger partial charge in [0.05, 0.1) is 12.1 Å². The number of fused-ring (bicyclic) bond motifs is 1.